The fraction of sp³-hybridized carbons (Fsp3) is 0.538. The van der Waals surface area contributed by atoms with Crippen molar-refractivity contribution in [2.24, 2.45) is 5.73 Å². The van der Waals surface area contributed by atoms with Gasteiger partial charge in [0.05, 0.1) is 24.8 Å². The Morgan fingerprint density at radius 3 is 3.10 bits per heavy atom. The first-order valence-corrected chi connectivity index (χ1v) is 7.64. The second kappa shape index (κ2) is 7.51. The van der Waals surface area contributed by atoms with E-state index in [1.165, 1.54) is 11.3 Å². The van der Waals surface area contributed by atoms with Crippen LogP contribution >= 0.6 is 11.3 Å². The zero-order valence-corrected chi connectivity index (χ0v) is 12.7. The molecular weight excluding hydrogens is 292 g/mol. The van der Waals surface area contributed by atoms with Crippen LogP contribution in [0.4, 0.5) is 5.00 Å². The van der Waals surface area contributed by atoms with Crippen LogP contribution in [0.1, 0.15) is 10.4 Å². The lowest BCUT2D eigenvalue weighted by Crippen LogP contribution is -2.48. The standard InChI is InChI=1S/C13H20N4O3S/c1-15-6-9-7-17(3-4-20-9)8-11(18)16-13-10(12(14)19)2-5-21-13/h2,5,9,15H,3-4,6-8H2,1H3,(H2,14,19)(H,16,18). The van der Waals surface area contributed by atoms with E-state index in [2.05, 4.69) is 10.6 Å². The Balaban J connectivity index is 1.86. The molecule has 0 aromatic carbocycles. The van der Waals surface area contributed by atoms with Crippen molar-refractivity contribution < 1.29 is 14.3 Å². The molecule has 1 aromatic heterocycles. The number of nitrogens with one attached hydrogen (secondary N) is 2. The molecule has 2 amide bonds. The van der Waals surface area contributed by atoms with E-state index in [-0.39, 0.29) is 18.6 Å². The molecule has 2 rings (SSSR count). The molecule has 0 spiro atoms. The van der Waals surface area contributed by atoms with Crippen LogP contribution in [-0.4, -0.2) is 62.7 Å². The highest BCUT2D eigenvalue weighted by atomic mass is 32.1. The van der Waals surface area contributed by atoms with E-state index in [0.717, 1.165) is 13.1 Å². The van der Waals surface area contributed by atoms with Crippen LogP contribution in [0.5, 0.6) is 0 Å². The molecule has 0 saturated carbocycles. The summed E-state index contributed by atoms with van der Waals surface area (Å²) in [6, 6.07) is 1.61. The summed E-state index contributed by atoms with van der Waals surface area (Å²) in [6.07, 6.45) is 0.0967. The molecule has 1 aliphatic heterocycles. The predicted octanol–water partition coefficient (Wildman–Crippen LogP) is -0.294. The number of carbonyl (C=O) groups excluding carboxylic acids is 2. The summed E-state index contributed by atoms with van der Waals surface area (Å²) >= 11 is 1.29. The quantitative estimate of drug-likeness (QED) is 0.670. The molecule has 0 aliphatic carbocycles. The van der Waals surface area contributed by atoms with E-state index in [9.17, 15) is 9.59 Å². The summed E-state index contributed by atoms with van der Waals surface area (Å²) in [7, 11) is 1.87. The van der Waals surface area contributed by atoms with Crippen molar-refractivity contribution in [3.8, 4) is 0 Å². The molecule has 1 aliphatic rings. The maximum Gasteiger partial charge on any atom is 0.251 e. The average molecular weight is 312 g/mol. The summed E-state index contributed by atoms with van der Waals surface area (Å²) in [5.74, 6) is -0.683. The lowest BCUT2D eigenvalue weighted by molar-refractivity contribution is -0.119. The number of thiophene rings is 1. The van der Waals surface area contributed by atoms with Gasteiger partial charge in [0.25, 0.3) is 5.91 Å². The third-order valence-electron chi connectivity index (χ3n) is 3.21. The van der Waals surface area contributed by atoms with Gasteiger partial charge in [-0.15, -0.1) is 11.3 Å². The van der Waals surface area contributed by atoms with Crippen LogP contribution in [0.25, 0.3) is 0 Å². The van der Waals surface area contributed by atoms with Gasteiger partial charge in [-0.05, 0) is 18.5 Å². The molecular formula is C13H20N4O3S. The molecule has 116 valence electrons. The van der Waals surface area contributed by atoms with Crippen LogP contribution < -0.4 is 16.4 Å². The third kappa shape index (κ3) is 4.50. The van der Waals surface area contributed by atoms with Crippen LogP contribution in [0.2, 0.25) is 0 Å². The van der Waals surface area contributed by atoms with Gasteiger partial charge in [-0.3, -0.25) is 14.5 Å². The number of morpholine rings is 1. The highest BCUT2D eigenvalue weighted by molar-refractivity contribution is 7.14. The number of rotatable bonds is 6. The van der Waals surface area contributed by atoms with Gasteiger partial charge in [-0.25, -0.2) is 0 Å². The minimum atomic E-state index is -0.535. The molecule has 1 fully saturated rings. The highest BCUT2D eigenvalue weighted by Gasteiger charge is 2.22. The number of anilines is 1. The number of amides is 2. The molecule has 0 bridgehead atoms. The number of nitrogens with two attached hydrogens (primary N) is 1. The first-order chi connectivity index (χ1) is 10.1. The lowest BCUT2D eigenvalue weighted by Gasteiger charge is -2.32. The van der Waals surface area contributed by atoms with Crippen LogP contribution in [-0.2, 0) is 9.53 Å². The van der Waals surface area contributed by atoms with Crippen molar-refractivity contribution in [2.45, 2.75) is 6.10 Å². The van der Waals surface area contributed by atoms with Gasteiger partial charge in [0, 0.05) is 19.6 Å². The molecule has 1 atom stereocenters. The minimum Gasteiger partial charge on any atom is -0.374 e. The first-order valence-electron chi connectivity index (χ1n) is 6.76. The van der Waals surface area contributed by atoms with E-state index in [1.54, 1.807) is 11.4 Å². The topological polar surface area (TPSA) is 96.7 Å². The molecule has 1 aromatic rings. The van der Waals surface area contributed by atoms with E-state index in [4.69, 9.17) is 10.5 Å². The summed E-state index contributed by atoms with van der Waals surface area (Å²) in [5, 5.41) is 8.05. The Morgan fingerprint density at radius 2 is 2.38 bits per heavy atom. The second-order valence-electron chi connectivity index (χ2n) is 4.86. The molecule has 0 radical (unpaired) electrons. The Labute approximate surface area is 127 Å². The number of primary amides is 1. The Bertz CT molecular complexity index is 503. The molecule has 7 nitrogen and oxygen atoms in total. The second-order valence-corrected chi connectivity index (χ2v) is 5.78. The molecule has 1 unspecified atom stereocenters. The molecule has 8 heteroatoms. The van der Waals surface area contributed by atoms with Crippen molar-refractivity contribution >= 4 is 28.2 Å². The first kappa shape index (κ1) is 15.9. The smallest absolute Gasteiger partial charge is 0.251 e. The maximum absolute atomic E-state index is 12.1. The SMILES string of the molecule is CNCC1CN(CC(=O)Nc2sccc2C(N)=O)CCO1. The fourth-order valence-electron chi connectivity index (χ4n) is 2.24. The number of carbonyl (C=O) groups is 2. The normalized spacial score (nSPS) is 19.4. The molecule has 2 heterocycles. The molecule has 4 N–H and O–H groups in total. The Kier molecular flexibility index (Phi) is 5.68. The van der Waals surface area contributed by atoms with Crippen LogP contribution in [0.15, 0.2) is 11.4 Å². The van der Waals surface area contributed by atoms with Gasteiger partial charge in [0.1, 0.15) is 5.00 Å². The zero-order chi connectivity index (χ0) is 15.2. The van der Waals surface area contributed by atoms with Gasteiger partial charge in [0.15, 0.2) is 0 Å². The number of ether oxygens (including phenoxy) is 1. The van der Waals surface area contributed by atoms with Gasteiger partial charge < -0.3 is 21.1 Å². The van der Waals surface area contributed by atoms with Gasteiger partial charge in [-0.2, -0.15) is 0 Å². The van der Waals surface area contributed by atoms with Crippen LogP contribution in [0.3, 0.4) is 0 Å². The lowest BCUT2D eigenvalue weighted by atomic mass is 10.2. The van der Waals surface area contributed by atoms with E-state index >= 15 is 0 Å². The van der Waals surface area contributed by atoms with Crippen molar-refractivity contribution in [3.05, 3.63) is 17.0 Å². The number of likely N-dealkylation sites (N-methyl/N-ethyl adjacent to an activating group) is 1. The maximum atomic E-state index is 12.1. The van der Waals surface area contributed by atoms with Crippen molar-refractivity contribution in [3.63, 3.8) is 0 Å². The third-order valence-corrected chi connectivity index (χ3v) is 4.04. The average Bonchev–Trinajstić information content (AvgIpc) is 2.87. The molecule has 21 heavy (non-hydrogen) atoms. The predicted molar refractivity (Wildman–Crippen MR) is 81.6 cm³/mol. The fourth-order valence-corrected chi connectivity index (χ4v) is 3.05. The van der Waals surface area contributed by atoms with E-state index < -0.39 is 5.91 Å². The number of hydrogen-bond acceptors (Lipinski definition) is 6. The Morgan fingerprint density at radius 1 is 1.57 bits per heavy atom. The van der Waals surface area contributed by atoms with E-state index in [0.29, 0.717) is 23.7 Å². The van der Waals surface area contributed by atoms with Crippen molar-refractivity contribution in [2.75, 3.05) is 45.2 Å². The largest absolute Gasteiger partial charge is 0.374 e. The van der Waals surface area contributed by atoms with Gasteiger partial charge in [-0.1, -0.05) is 0 Å². The summed E-state index contributed by atoms with van der Waals surface area (Å²) < 4.78 is 5.59. The van der Waals surface area contributed by atoms with E-state index in [1.807, 2.05) is 11.9 Å². The molecule has 1 saturated heterocycles. The van der Waals surface area contributed by atoms with Gasteiger partial charge >= 0.3 is 0 Å². The van der Waals surface area contributed by atoms with Gasteiger partial charge in [0.2, 0.25) is 5.91 Å². The zero-order valence-electron chi connectivity index (χ0n) is 11.9. The number of hydrogen-bond donors (Lipinski definition) is 3. The Hall–Kier alpha value is -1.48. The minimum absolute atomic E-state index is 0.0967. The van der Waals surface area contributed by atoms with Crippen LogP contribution in [0, 0.1) is 0 Å². The monoisotopic (exact) mass is 312 g/mol. The number of nitrogens with zero attached hydrogens (tertiary/aromatic N) is 1. The summed E-state index contributed by atoms with van der Waals surface area (Å²) in [5.41, 5.74) is 5.60. The van der Waals surface area contributed by atoms with Crippen molar-refractivity contribution in [1.29, 1.82) is 0 Å². The summed E-state index contributed by atoms with van der Waals surface area (Å²) in [4.78, 5) is 25.3. The highest BCUT2D eigenvalue weighted by Crippen LogP contribution is 2.22. The van der Waals surface area contributed by atoms with Crippen molar-refractivity contribution in [1.82, 2.24) is 10.2 Å². The summed E-state index contributed by atoms with van der Waals surface area (Å²) in [6.45, 7) is 3.09.